The molecule has 1 saturated carbocycles. The molecule has 1 aliphatic rings. The Kier molecular flexibility index (Phi) is 5.82. The van der Waals surface area contributed by atoms with Gasteiger partial charge < -0.3 is 14.8 Å². The second-order valence-electron chi connectivity index (χ2n) is 7.39. The van der Waals surface area contributed by atoms with Crippen molar-refractivity contribution in [3.05, 3.63) is 36.4 Å². The predicted molar refractivity (Wildman–Crippen MR) is 106 cm³/mol. The van der Waals surface area contributed by atoms with Gasteiger partial charge in [-0.2, -0.15) is 0 Å². The van der Waals surface area contributed by atoms with Gasteiger partial charge in [-0.25, -0.2) is 0 Å². The van der Waals surface area contributed by atoms with Gasteiger partial charge >= 0.3 is 0 Å². The first kappa shape index (κ1) is 18.7. The topological polar surface area (TPSA) is 47.6 Å². The van der Waals surface area contributed by atoms with Crippen LogP contribution in [0.3, 0.4) is 0 Å². The number of benzene rings is 2. The molecule has 0 unspecified atom stereocenters. The van der Waals surface area contributed by atoms with Crippen LogP contribution in [0.4, 0.5) is 5.69 Å². The van der Waals surface area contributed by atoms with Gasteiger partial charge in [-0.3, -0.25) is 4.79 Å². The number of carbonyl (C=O) groups excluding carboxylic acids is 1. The van der Waals surface area contributed by atoms with Crippen molar-refractivity contribution in [2.75, 3.05) is 12.4 Å². The number of rotatable bonds is 5. The van der Waals surface area contributed by atoms with Crippen LogP contribution >= 0.6 is 0 Å². The molecule has 4 heteroatoms. The third kappa shape index (κ3) is 3.85. The van der Waals surface area contributed by atoms with Gasteiger partial charge in [-0.1, -0.05) is 49.9 Å². The Labute approximate surface area is 155 Å². The zero-order valence-corrected chi connectivity index (χ0v) is 16.0. The molecule has 0 heterocycles. The highest BCUT2D eigenvalue weighted by molar-refractivity contribution is 6.06. The first-order valence-corrected chi connectivity index (χ1v) is 9.61. The maximum Gasteiger partial charge on any atom is 0.256 e. The molecular formula is C22H29NO3. The summed E-state index contributed by atoms with van der Waals surface area (Å²) in [5.41, 5.74) is 0.0902. The van der Waals surface area contributed by atoms with Crippen LogP contribution in [0.15, 0.2) is 36.4 Å². The summed E-state index contributed by atoms with van der Waals surface area (Å²) in [4.78, 5) is 13.1. The van der Waals surface area contributed by atoms with Crippen LogP contribution in [0, 0.1) is 0 Å². The Morgan fingerprint density at radius 3 is 2.27 bits per heavy atom. The van der Waals surface area contributed by atoms with E-state index < -0.39 is 5.60 Å². The number of anilines is 1. The lowest BCUT2D eigenvalue weighted by atomic mass is 9.92. The molecule has 0 aromatic heterocycles. The fourth-order valence-electron chi connectivity index (χ4n) is 3.80. The van der Waals surface area contributed by atoms with Gasteiger partial charge in [-0.05, 0) is 38.8 Å². The highest BCUT2D eigenvalue weighted by Crippen LogP contribution is 2.35. The van der Waals surface area contributed by atoms with Crippen LogP contribution in [-0.2, 0) is 9.53 Å². The van der Waals surface area contributed by atoms with E-state index in [4.69, 9.17) is 9.47 Å². The SMILES string of the molecule is COC1(C(=O)Nc2ccc(OC(C)C)c3ccccc23)CCCCCC1. The van der Waals surface area contributed by atoms with E-state index in [1.54, 1.807) is 7.11 Å². The number of ether oxygens (including phenoxy) is 2. The van der Waals surface area contributed by atoms with Crippen molar-refractivity contribution < 1.29 is 14.3 Å². The highest BCUT2D eigenvalue weighted by atomic mass is 16.5. The largest absolute Gasteiger partial charge is 0.490 e. The zero-order valence-electron chi connectivity index (χ0n) is 16.0. The van der Waals surface area contributed by atoms with Gasteiger partial charge in [0.25, 0.3) is 5.91 Å². The van der Waals surface area contributed by atoms with Crippen molar-refractivity contribution in [1.82, 2.24) is 0 Å². The number of hydrogen-bond acceptors (Lipinski definition) is 3. The van der Waals surface area contributed by atoms with Crippen molar-refractivity contribution in [1.29, 1.82) is 0 Å². The molecule has 1 aliphatic carbocycles. The van der Waals surface area contributed by atoms with Crippen molar-refractivity contribution in [2.24, 2.45) is 0 Å². The van der Waals surface area contributed by atoms with Gasteiger partial charge in [0.2, 0.25) is 0 Å². The van der Waals surface area contributed by atoms with Crippen LogP contribution in [0.5, 0.6) is 5.75 Å². The van der Waals surface area contributed by atoms with Crippen LogP contribution in [0.1, 0.15) is 52.4 Å². The number of hydrogen-bond donors (Lipinski definition) is 1. The number of carbonyl (C=O) groups is 1. The summed E-state index contributed by atoms with van der Waals surface area (Å²) in [6.07, 6.45) is 6.06. The van der Waals surface area contributed by atoms with Crippen molar-refractivity contribution in [3.63, 3.8) is 0 Å². The number of methoxy groups -OCH3 is 1. The number of amides is 1. The molecule has 140 valence electrons. The minimum atomic E-state index is -0.718. The third-order valence-corrected chi connectivity index (χ3v) is 5.21. The maximum absolute atomic E-state index is 13.1. The number of fused-ring (bicyclic) bond motifs is 1. The molecule has 26 heavy (non-hydrogen) atoms. The summed E-state index contributed by atoms with van der Waals surface area (Å²) in [5, 5.41) is 5.13. The van der Waals surface area contributed by atoms with Crippen molar-refractivity contribution in [2.45, 2.75) is 64.1 Å². The van der Waals surface area contributed by atoms with E-state index in [9.17, 15) is 4.79 Å². The predicted octanol–water partition coefficient (Wildman–Crippen LogP) is 5.30. The molecule has 0 radical (unpaired) electrons. The molecule has 1 amide bonds. The fourth-order valence-corrected chi connectivity index (χ4v) is 3.80. The lowest BCUT2D eigenvalue weighted by molar-refractivity contribution is -0.139. The monoisotopic (exact) mass is 355 g/mol. The quantitative estimate of drug-likeness (QED) is 0.740. The second kappa shape index (κ2) is 8.09. The molecule has 3 rings (SSSR count). The zero-order chi connectivity index (χ0) is 18.6. The summed E-state index contributed by atoms with van der Waals surface area (Å²) < 4.78 is 11.7. The summed E-state index contributed by atoms with van der Waals surface area (Å²) in [5.74, 6) is 0.800. The molecule has 1 fully saturated rings. The summed E-state index contributed by atoms with van der Waals surface area (Å²) >= 11 is 0. The average molecular weight is 355 g/mol. The van der Waals surface area contributed by atoms with E-state index in [1.807, 2.05) is 50.2 Å². The third-order valence-electron chi connectivity index (χ3n) is 5.21. The first-order valence-electron chi connectivity index (χ1n) is 9.61. The van der Waals surface area contributed by atoms with Crippen LogP contribution in [-0.4, -0.2) is 24.7 Å². The molecule has 0 aliphatic heterocycles. The van der Waals surface area contributed by atoms with Gasteiger partial charge in [0.05, 0.1) is 6.10 Å². The van der Waals surface area contributed by atoms with E-state index in [0.29, 0.717) is 0 Å². The average Bonchev–Trinajstić information content (AvgIpc) is 2.90. The molecule has 2 aromatic rings. The maximum atomic E-state index is 13.1. The van der Waals surface area contributed by atoms with E-state index in [0.717, 1.165) is 47.9 Å². The van der Waals surface area contributed by atoms with Gasteiger partial charge in [0.1, 0.15) is 11.4 Å². The van der Waals surface area contributed by atoms with Crippen molar-refractivity contribution in [3.8, 4) is 5.75 Å². The normalized spacial score (nSPS) is 17.1. The van der Waals surface area contributed by atoms with Crippen LogP contribution < -0.4 is 10.1 Å². The van der Waals surface area contributed by atoms with E-state index in [-0.39, 0.29) is 12.0 Å². The van der Waals surface area contributed by atoms with Crippen LogP contribution in [0.25, 0.3) is 10.8 Å². The summed E-state index contributed by atoms with van der Waals surface area (Å²) in [7, 11) is 1.66. The Morgan fingerprint density at radius 1 is 1.00 bits per heavy atom. The van der Waals surface area contributed by atoms with Gasteiger partial charge in [0.15, 0.2) is 0 Å². The van der Waals surface area contributed by atoms with E-state index in [2.05, 4.69) is 5.32 Å². The minimum Gasteiger partial charge on any atom is -0.490 e. The second-order valence-corrected chi connectivity index (χ2v) is 7.39. The van der Waals surface area contributed by atoms with E-state index >= 15 is 0 Å². The molecule has 0 atom stereocenters. The standard InChI is InChI=1S/C22H29NO3/c1-16(2)26-20-13-12-19(17-10-6-7-11-18(17)20)23-21(24)22(25-3)14-8-4-5-9-15-22/h6-7,10-13,16H,4-5,8-9,14-15H2,1-3H3,(H,23,24). The highest BCUT2D eigenvalue weighted by Gasteiger charge is 2.38. The fraction of sp³-hybridized carbons (Fsp3) is 0.500. The Balaban J connectivity index is 1.92. The lowest BCUT2D eigenvalue weighted by Gasteiger charge is -2.30. The minimum absolute atomic E-state index is 0.0374. The molecule has 0 saturated heterocycles. The smallest absolute Gasteiger partial charge is 0.256 e. The molecule has 4 nitrogen and oxygen atoms in total. The lowest BCUT2D eigenvalue weighted by Crippen LogP contribution is -2.44. The summed E-state index contributed by atoms with van der Waals surface area (Å²) in [6, 6.07) is 11.9. The van der Waals surface area contributed by atoms with E-state index in [1.165, 1.54) is 12.8 Å². The van der Waals surface area contributed by atoms with Gasteiger partial charge in [0, 0.05) is 23.6 Å². The van der Waals surface area contributed by atoms with Crippen molar-refractivity contribution >= 4 is 22.4 Å². The molecule has 0 bridgehead atoms. The summed E-state index contributed by atoms with van der Waals surface area (Å²) in [6.45, 7) is 4.03. The number of nitrogens with one attached hydrogen (secondary N) is 1. The Bertz CT molecular complexity index is 761. The molecule has 1 N–H and O–H groups in total. The molecular weight excluding hydrogens is 326 g/mol. The molecule has 0 spiro atoms. The molecule has 2 aromatic carbocycles. The Hall–Kier alpha value is -2.07. The Morgan fingerprint density at radius 2 is 1.65 bits per heavy atom. The van der Waals surface area contributed by atoms with Crippen LogP contribution in [0.2, 0.25) is 0 Å². The van der Waals surface area contributed by atoms with Gasteiger partial charge in [-0.15, -0.1) is 0 Å². The first-order chi connectivity index (χ1) is 12.6.